The van der Waals surface area contributed by atoms with E-state index in [0.29, 0.717) is 33.5 Å². The number of aromatic nitrogens is 2. The molecule has 0 spiro atoms. The number of nitrogens with zero attached hydrogens (tertiary/aromatic N) is 3. The maximum atomic E-state index is 12.8. The minimum Gasteiger partial charge on any atom is -0.382 e. The van der Waals surface area contributed by atoms with Gasteiger partial charge >= 0.3 is 0 Å². The van der Waals surface area contributed by atoms with Crippen LogP contribution in [0.25, 0.3) is 0 Å². The molecular weight excluding hydrogens is 388 g/mol. The minimum atomic E-state index is -0.117. The van der Waals surface area contributed by atoms with Gasteiger partial charge in [0.2, 0.25) is 0 Å². The standard InChI is InChI=1S/C21H25ClN6O/c1-13(2)26-18-9-19(28-20-17(22)8-14(10-23)11-25-20)24-12-16(18)21(29)27-15-6-4-3-5-7-15/h8-9,11-13,15H,3-7H2,1-2H3,(H,27,29)(H2,24,25,26,28). The van der Waals surface area contributed by atoms with Gasteiger partial charge in [-0.1, -0.05) is 30.9 Å². The fraction of sp³-hybridized carbons (Fsp3) is 0.429. The zero-order valence-corrected chi connectivity index (χ0v) is 17.4. The van der Waals surface area contributed by atoms with Crippen molar-refractivity contribution < 1.29 is 4.79 Å². The van der Waals surface area contributed by atoms with E-state index in [9.17, 15) is 4.79 Å². The van der Waals surface area contributed by atoms with Gasteiger partial charge < -0.3 is 16.0 Å². The van der Waals surface area contributed by atoms with Crippen LogP contribution < -0.4 is 16.0 Å². The van der Waals surface area contributed by atoms with Crippen LogP contribution in [0.2, 0.25) is 5.02 Å². The number of anilines is 3. The molecule has 0 aliphatic heterocycles. The van der Waals surface area contributed by atoms with E-state index in [2.05, 4.69) is 25.9 Å². The first kappa shape index (κ1) is 20.9. The molecule has 1 amide bonds. The van der Waals surface area contributed by atoms with Crippen molar-refractivity contribution in [3.05, 3.63) is 40.7 Å². The van der Waals surface area contributed by atoms with Crippen molar-refractivity contribution in [2.45, 2.75) is 58.0 Å². The molecule has 152 valence electrons. The van der Waals surface area contributed by atoms with Gasteiger partial charge in [0.25, 0.3) is 5.91 Å². The van der Waals surface area contributed by atoms with Crippen molar-refractivity contribution in [2.75, 3.05) is 10.6 Å². The summed E-state index contributed by atoms with van der Waals surface area (Å²) in [6, 6.07) is 5.67. The van der Waals surface area contributed by atoms with E-state index in [4.69, 9.17) is 16.9 Å². The third-order valence-corrected chi connectivity index (χ3v) is 5.04. The first-order valence-electron chi connectivity index (χ1n) is 9.86. The molecule has 2 heterocycles. The third-order valence-electron chi connectivity index (χ3n) is 4.75. The van der Waals surface area contributed by atoms with Crippen molar-refractivity contribution >= 4 is 34.8 Å². The van der Waals surface area contributed by atoms with Crippen LogP contribution in [0.4, 0.5) is 17.3 Å². The van der Waals surface area contributed by atoms with Gasteiger partial charge in [-0.3, -0.25) is 4.79 Å². The van der Waals surface area contributed by atoms with E-state index in [-0.39, 0.29) is 18.0 Å². The summed E-state index contributed by atoms with van der Waals surface area (Å²) >= 11 is 6.19. The summed E-state index contributed by atoms with van der Waals surface area (Å²) in [4.78, 5) is 21.4. The fourth-order valence-electron chi connectivity index (χ4n) is 3.36. The molecular formula is C21H25ClN6O. The highest BCUT2D eigenvalue weighted by Gasteiger charge is 2.20. The van der Waals surface area contributed by atoms with Crippen LogP contribution in [0, 0.1) is 11.3 Å². The highest BCUT2D eigenvalue weighted by Crippen LogP contribution is 2.26. The van der Waals surface area contributed by atoms with Crippen molar-refractivity contribution in [1.29, 1.82) is 5.26 Å². The average molecular weight is 413 g/mol. The summed E-state index contributed by atoms with van der Waals surface area (Å²) in [5.41, 5.74) is 1.58. The van der Waals surface area contributed by atoms with Crippen molar-refractivity contribution in [3.8, 4) is 6.07 Å². The highest BCUT2D eigenvalue weighted by molar-refractivity contribution is 6.33. The number of carbonyl (C=O) groups is 1. The predicted octanol–water partition coefficient (Wildman–Crippen LogP) is 4.63. The largest absolute Gasteiger partial charge is 0.382 e. The molecule has 1 aliphatic carbocycles. The Labute approximate surface area is 175 Å². The van der Waals surface area contributed by atoms with Crippen LogP contribution in [-0.4, -0.2) is 28.0 Å². The monoisotopic (exact) mass is 412 g/mol. The molecule has 0 saturated heterocycles. The summed E-state index contributed by atoms with van der Waals surface area (Å²) in [6.45, 7) is 4.02. The Morgan fingerprint density at radius 1 is 1.21 bits per heavy atom. The van der Waals surface area contributed by atoms with Gasteiger partial charge in [0, 0.05) is 30.5 Å². The van der Waals surface area contributed by atoms with Crippen molar-refractivity contribution in [2.24, 2.45) is 0 Å². The second-order valence-corrected chi connectivity index (χ2v) is 7.92. The zero-order valence-electron chi connectivity index (χ0n) is 16.6. The number of rotatable bonds is 6. The number of amides is 1. The number of carbonyl (C=O) groups excluding carboxylic acids is 1. The molecule has 2 aromatic rings. The Morgan fingerprint density at radius 3 is 2.62 bits per heavy atom. The summed E-state index contributed by atoms with van der Waals surface area (Å²) in [7, 11) is 0. The Bertz CT molecular complexity index is 918. The molecule has 0 atom stereocenters. The Kier molecular flexibility index (Phi) is 6.89. The van der Waals surface area contributed by atoms with Crippen molar-refractivity contribution in [1.82, 2.24) is 15.3 Å². The van der Waals surface area contributed by atoms with E-state index >= 15 is 0 Å². The van der Waals surface area contributed by atoms with E-state index in [1.54, 1.807) is 12.3 Å². The lowest BCUT2D eigenvalue weighted by Crippen LogP contribution is -2.36. The summed E-state index contributed by atoms with van der Waals surface area (Å²) < 4.78 is 0. The van der Waals surface area contributed by atoms with Gasteiger partial charge in [-0.05, 0) is 32.8 Å². The molecule has 0 bridgehead atoms. The second-order valence-electron chi connectivity index (χ2n) is 7.51. The minimum absolute atomic E-state index is 0.117. The van der Waals surface area contributed by atoms with Crippen LogP contribution in [-0.2, 0) is 0 Å². The summed E-state index contributed by atoms with van der Waals surface area (Å²) in [5.74, 6) is 0.781. The predicted molar refractivity (Wildman–Crippen MR) is 115 cm³/mol. The lowest BCUT2D eigenvalue weighted by molar-refractivity contribution is 0.0928. The van der Waals surface area contributed by atoms with E-state index in [1.807, 2.05) is 19.9 Å². The van der Waals surface area contributed by atoms with E-state index in [1.165, 1.54) is 18.7 Å². The summed E-state index contributed by atoms with van der Waals surface area (Å²) in [5, 5.41) is 18.8. The van der Waals surface area contributed by atoms with E-state index in [0.717, 1.165) is 25.7 Å². The van der Waals surface area contributed by atoms with Gasteiger partial charge in [0.1, 0.15) is 17.7 Å². The number of nitriles is 1. The van der Waals surface area contributed by atoms with Crippen LogP contribution in [0.5, 0.6) is 0 Å². The fourth-order valence-corrected chi connectivity index (χ4v) is 3.57. The first-order valence-corrected chi connectivity index (χ1v) is 10.2. The molecule has 1 aliphatic rings. The molecule has 1 fully saturated rings. The Hall–Kier alpha value is -2.85. The SMILES string of the molecule is CC(C)Nc1cc(Nc2ncc(C#N)cc2Cl)ncc1C(=O)NC1CCCCC1. The maximum absolute atomic E-state index is 12.8. The molecule has 1 saturated carbocycles. The molecule has 0 radical (unpaired) electrons. The van der Waals surface area contributed by atoms with Crippen LogP contribution in [0.15, 0.2) is 24.5 Å². The first-order chi connectivity index (χ1) is 14.0. The quantitative estimate of drug-likeness (QED) is 0.639. The molecule has 29 heavy (non-hydrogen) atoms. The number of hydrogen-bond donors (Lipinski definition) is 3. The molecule has 7 nitrogen and oxygen atoms in total. The van der Waals surface area contributed by atoms with Crippen LogP contribution in [0.1, 0.15) is 61.9 Å². The Morgan fingerprint density at radius 2 is 1.97 bits per heavy atom. The maximum Gasteiger partial charge on any atom is 0.255 e. The molecule has 3 rings (SSSR count). The zero-order chi connectivity index (χ0) is 20.8. The molecule has 0 aromatic carbocycles. The van der Waals surface area contributed by atoms with Gasteiger partial charge in [-0.25, -0.2) is 9.97 Å². The van der Waals surface area contributed by atoms with Crippen LogP contribution >= 0.6 is 11.6 Å². The third kappa shape index (κ3) is 5.58. The molecule has 8 heteroatoms. The van der Waals surface area contributed by atoms with Gasteiger partial charge in [0.05, 0.1) is 21.8 Å². The topological polar surface area (TPSA) is 103 Å². The number of hydrogen-bond acceptors (Lipinski definition) is 6. The van der Waals surface area contributed by atoms with Crippen molar-refractivity contribution in [3.63, 3.8) is 0 Å². The van der Waals surface area contributed by atoms with Gasteiger partial charge in [-0.2, -0.15) is 5.26 Å². The summed E-state index contributed by atoms with van der Waals surface area (Å²) in [6.07, 6.45) is 8.59. The molecule has 0 unspecified atom stereocenters. The normalized spacial score (nSPS) is 14.3. The molecule has 3 N–H and O–H groups in total. The smallest absolute Gasteiger partial charge is 0.255 e. The lowest BCUT2D eigenvalue weighted by atomic mass is 9.95. The van der Waals surface area contributed by atoms with E-state index < -0.39 is 0 Å². The molecule has 2 aromatic heterocycles. The average Bonchev–Trinajstić information content (AvgIpc) is 2.70. The Balaban J connectivity index is 1.81. The number of halogens is 1. The van der Waals surface area contributed by atoms with Gasteiger partial charge in [-0.15, -0.1) is 0 Å². The van der Waals surface area contributed by atoms with Crippen LogP contribution in [0.3, 0.4) is 0 Å². The second kappa shape index (κ2) is 9.57. The number of nitrogens with one attached hydrogen (secondary N) is 3. The number of pyridine rings is 2. The highest BCUT2D eigenvalue weighted by atomic mass is 35.5. The van der Waals surface area contributed by atoms with Gasteiger partial charge in [0.15, 0.2) is 0 Å². The lowest BCUT2D eigenvalue weighted by Gasteiger charge is -2.23.